The zero-order valence-electron chi connectivity index (χ0n) is 14.3. The maximum atomic E-state index is 14.0. The zero-order valence-corrected chi connectivity index (χ0v) is 14.3. The minimum absolute atomic E-state index is 0.178. The molecule has 0 spiro atoms. The molecule has 0 aromatic heterocycles. The minimum Gasteiger partial charge on any atom is -0.394 e. The molecule has 0 bridgehead atoms. The lowest BCUT2D eigenvalue weighted by atomic mass is 10.1. The Morgan fingerprint density at radius 1 is 1.09 bits per heavy atom. The Hall–Kier alpha value is -0.900. The van der Waals surface area contributed by atoms with Crippen molar-refractivity contribution in [3.8, 4) is 0 Å². The van der Waals surface area contributed by atoms with Crippen molar-refractivity contribution in [2.45, 2.75) is 90.3 Å². The molecule has 2 N–H and O–H groups in total. The van der Waals surface area contributed by atoms with Gasteiger partial charge in [0.15, 0.2) is 0 Å². The molecule has 0 aliphatic carbocycles. The quantitative estimate of drug-likeness (QED) is 0.371. The summed E-state index contributed by atoms with van der Waals surface area (Å²) in [4.78, 5) is 11.7. The van der Waals surface area contributed by atoms with E-state index in [2.05, 4.69) is 19.2 Å². The Balaban J connectivity index is 3.92. The first-order valence-corrected chi connectivity index (χ1v) is 8.86. The molecule has 0 radical (unpaired) electrons. The third-order valence-electron chi connectivity index (χ3n) is 3.73. The van der Waals surface area contributed by atoms with E-state index in [1.165, 1.54) is 31.8 Å². The van der Waals surface area contributed by atoms with Gasteiger partial charge in [-0.15, -0.1) is 0 Å². The molecule has 0 aromatic rings. The average Bonchev–Trinajstić information content (AvgIpc) is 2.51. The fourth-order valence-electron chi connectivity index (χ4n) is 2.27. The predicted octanol–water partition coefficient (Wildman–Crippen LogP) is 4.30. The zero-order chi connectivity index (χ0) is 16.6. The molecule has 3 nitrogen and oxygen atoms in total. The molecule has 0 saturated heterocycles. The third-order valence-corrected chi connectivity index (χ3v) is 3.73. The van der Waals surface area contributed by atoms with Crippen LogP contribution in [0.2, 0.25) is 0 Å². The topological polar surface area (TPSA) is 49.3 Å². The molecule has 2 atom stereocenters. The van der Waals surface area contributed by atoms with Crippen LogP contribution in [0.4, 0.5) is 4.39 Å². The normalized spacial score (nSPS) is 14.2. The minimum atomic E-state index is -1.32. The standard InChI is InChI=1S/C18H34FNO2/c1-3-5-7-8-9-10-12-13-16(19)17(15-21)20-18(22)14-11-6-4-2/h12-13,16-17,21H,3-11,14-15H2,1-2H3,(H,20,22)/b13-12+/t16-,17-/m0/s1. The molecular weight excluding hydrogens is 281 g/mol. The second kappa shape index (κ2) is 15.0. The van der Waals surface area contributed by atoms with Gasteiger partial charge in [0.05, 0.1) is 12.6 Å². The number of halogens is 1. The molecule has 1 amide bonds. The second-order valence-corrected chi connectivity index (χ2v) is 5.89. The molecule has 22 heavy (non-hydrogen) atoms. The largest absolute Gasteiger partial charge is 0.394 e. The van der Waals surface area contributed by atoms with E-state index in [1.54, 1.807) is 0 Å². The maximum absolute atomic E-state index is 14.0. The van der Waals surface area contributed by atoms with E-state index in [9.17, 15) is 14.3 Å². The van der Waals surface area contributed by atoms with Gasteiger partial charge in [-0.2, -0.15) is 0 Å². The summed E-state index contributed by atoms with van der Waals surface area (Å²) in [6.45, 7) is 3.87. The van der Waals surface area contributed by atoms with Gasteiger partial charge in [0.1, 0.15) is 6.17 Å². The Bertz CT molecular complexity index is 295. The Kier molecular flexibility index (Phi) is 14.4. The predicted molar refractivity (Wildman–Crippen MR) is 90.6 cm³/mol. The number of amides is 1. The van der Waals surface area contributed by atoms with Crippen molar-refractivity contribution in [1.29, 1.82) is 0 Å². The number of aliphatic hydroxyl groups is 1. The van der Waals surface area contributed by atoms with Crippen LogP contribution in [0.5, 0.6) is 0 Å². The van der Waals surface area contributed by atoms with Crippen LogP contribution in [-0.2, 0) is 4.79 Å². The SMILES string of the molecule is CCCCCCC/C=C/[C@H](F)[C@H](CO)NC(=O)CCCCC. The number of hydrogen-bond acceptors (Lipinski definition) is 2. The maximum Gasteiger partial charge on any atom is 0.220 e. The highest BCUT2D eigenvalue weighted by molar-refractivity contribution is 5.76. The van der Waals surface area contributed by atoms with Crippen LogP contribution in [0.15, 0.2) is 12.2 Å². The lowest BCUT2D eigenvalue weighted by Crippen LogP contribution is -2.43. The first kappa shape index (κ1) is 21.1. The number of nitrogens with one attached hydrogen (secondary N) is 1. The van der Waals surface area contributed by atoms with Gasteiger partial charge in [0.25, 0.3) is 0 Å². The van der Waals surface area contributed by atoms with Crippen LogP contribution >= 0.6 is 0 Å². The van der Waals surface area contributed by atoms with E-state index in [4.69, 9.17) is 0 Å². The van der Waals surface area contributed by atoms with Gasteiger partial charge in [0.2, 0.25) is 5.91 Å². The first-order valence-electron chi connectivity index (χ1n) is 8.86. The summed E-state index contributed by atoms with van der Waals surface area (Å²) in [7, 11) is 0. The Morgan fingerprint density at radius 3 is 2.36 bits per heavy atom. The van der Waals surface area contributed by atoms with Crippen LogP contribution in [0.1, 0.15) is 78.1 Å². The number of unbranched alkanes of at least 4 members (excludes halogenated alkanes) is 7. The Morgan fingerprint density at radius 2 is 1.73 bits per heavy atom. The van der Waals surface area contributed by atoms with Crippen molar-refractivity contribution < 1.29 is 14.3 Å². The second-order valence-electron chi connectivity index (χ2n) is 5.89. The molecule has 0 aliphatic rings. The molecular formula is C18H34FNO2. The van der Waals surface area contributed by atoms with Crippen molar-refractivity contribution in [3.05, 3.63) is 12.2 Å². The summed E-state index contributed by atoms with van der Waals surface area (Å²) in [5.74, 6) is -0.178. The van der Waals surface area contributed by atoms with Gasteiger partial charge >= 0.3 is 0 Å². The van der Waals surface area contributed by atoms with Crippen molar-refractivity contribution in [2.75, 3.05) is 6.61 Å². The van der Waals surface area contributed by atoms with Crippen LogP contribution in [0.25, 0.3) is 0 Å². The number of carbonyl (C=O) groups excluding carboxylic acids is 1. The average molecular weight is 315 g/mol. The van der Waals surface area contributed by atoms with Crippen LogP contribution in [0, 0.1) is 0 Å². The fourth-order valence-corrected chi connectivity index (χ4v) is 2.27. The summed E-state index contributed by atoms with van der Waals surface area (Å²) in [5, 5.41) is 11.8. The number of rotatable bonds is 14. The van der Waals surface area contributed by atoms with Crippen LogP contribution in [-0.4, -0.2) is 29.8 Å². The number of hydrogen-bond donors (Lipinski definition) is 2. The summed E-state index contributed by atoms with van der Waals surface area (Å²) in [6.07, 6.45) is 12.0. The fraction of sp³-hybridized carbons (Fsp3) is 0.833. The van der Waals surface area contributed by atoms with Crippen LogP contribution in [0.3, 0.4) is 0 Å². The molecule has 0 heterocycles. The van der Waals surface area contributed by atoms with Crippen molar-refractivity contribution >= 4 is 5.91 Å². The smallest absolute Gasteiger partial charge is 0.220 e. The van der Waals surface area contributed by atoms with E-state index in [-0.39, 0.29) is 12.5 Å². The van der Waals surface area contributed by atoms with Crippen molar-refractivity contribution in [1.82, 2.24) is 5.32 Å². The molecule has 0 rings (SSSR count). The highest BCUT2D eigenvalue weighted by Crippen LogP contribution is 2.08. The highest BCUT2D eigenvalue weighted by atomic mass is 19.1. The molecule has 4 heteroatoms. The first-order chi connectivity index (χ1) is 10.7. The van der Waals surface area contributed by atoms with E-state index < -0.39 is 12.2 Å². The van der Waals surface area contributed by atoms with Gasteiger partial charge in [-0.1, -0.05) is 64.5 Å². The lowest BCUT2D eigenvalue weighted by molar-refractivity contribution is -0.122. The van der Waals surface area contributed by atoms with Gasteiger partial charge in [-0.05, 0) is 19.3 Å². The molecule has 0 saturated carbocycles. The van der Waals surface area contributed by atoms with Crippen molar-refractivity contribution in [2.24, 2.45) is 0 Å². The lowest BCUT2D eigenvalue weighted by Gasteiger charge is -2.18. The van der Waals surface area contributed by atoms with E-state index in [0.717, 1.165) is 32.1 Å². The summed E-state index contributed by atoms with van der Waals surface area (Å²) in [6, 6.07) is -0.828. The van der Waals surface area contributed by atoms with E-state index >= 15 is 0 Å². The molecule has 0 unspecified atom stereocenters. The van der Waals surface area contributed by atoms with Crippen molar-refractivity contribution in [3.63, 3.8) is 0 Å². The molecule has 130 valence electrons. The van der Waals surface area contributed by atoms with Gasteiger partial charge in [0, 0.05) is 6.42 Å². The summed E-state index contributed by atoms with van der Waals surface area (Å²) >= 11 is 0. The number of alkyl halides is 1. The monoisotopic (exact) mass is 315 g/mol. The molecule has 0 aromatic carbocycles. The Labute approximate surface area is 135 Å². The van der Waals surface area contributed by atoms with E-state index in [0.29, 0.717) is 6.42 Å². The van der Waals surface area contributed by atoms with Gasteiger partial charge in [-0.25, -0.2) is 4.39 Å². The van der Waals surface area contributed by atoms with E-state index in [1.807, 2.05) is 6.08 Å². The molecule has 0 aliphatic heterocycles. The number of allylic oxidation sites excluding steroid dienone is 1. The number of aliphatic hydroxyl groups excluding tert-OH is 1. The summed E-state index contributed by atoms with van der Waals surface area (Å²) < 4.78 is 14.0. The molecule has 0 fully saturated rings. The highest BCUT2D eigenvalue weighted by Gasteiger charge is 2.19. The van der Waals surface area contributed by atoms with Gasteiger partial charge in [-0.3, -0.25) is 4.79 Å². The number of carbonyl (C=O) groups is 1. The van der Waals surface area contributed by atoms with Crippen LogP contribution < -0.4 is 5.32 Å². The summed E-state index contributed by atoms with van der Waals surface area (Å²) in [5.41, 5.74) is 0. The third kappa shape index (κ3) is 11.7. The van der Waals surface area contributed by atoms with Gasteiger partial charge < -0.3 is 10.4 Å².